The van der Waals surface area contributed by atoms with E-state index >= 15 is 0 Å². The molecule has 100 valence electrons. The molecular formula is C15H23BrN2. The van der Waals surface area contributed by atoms with Crippen LogP contribution in [0.25, 0.3) is 0 Å². The largest absolute Gasteiger partial charge is 0.381 e. The van der Waals surface area contributed by atoms with E-state index in [0.717, 1.165) is 6.54 Å². The van der Waals surface area contributed by atoms with Gasteiger partial charge in [-0.05, 0) is 57.4 Å². The number of benzene rings is 1. The van der Waals surface area contributed by atoms with Crippen molar-refractivity contribution in [3.63, 3.8) is 0 Å². The number of nitrogens with zero attached hydrogens (tertiary/aromatic N) is 1. The maximum atomic E-state index is 3.73. The van der Waals surface area contributed by atoms with E-state index in [1.165, 1.54) is 34.3 Å². The molecule has 1 N–H and O–H groups in total. The summed E-state index contributed by atoms with van der Waals surface area (Å²) in [6, 6.07) is 5.62. The van der Waals surface area contributed by atoms with Gasteiger partial charge in [0.05, 0.1) is 0 Å². The predicted octanol–water partition coefficient (Wildman–Crippen LogP) is 3.96. The lowest BCUT2D eigenvalue weighted by Crippen LogP contribution is -2.31. The highest BCUT2D eigenvalue weighted by molar-refractivity contribution is 9.10. The summed E-state index contributed by atoms with van der Waals surface area (Å²) >= 11 is 3.55. The number of rotatable bonds is 3. The number of likely N-dealkylation sites (tertiary alicyclic amines) is 1. The molecule has 1 aromatic carbocycles. The van der Waals surface area contributed by atoms with Gasteiger partial charge in [-0.15, -0.1) is 0 Å². The van der Waals surface area contributed by atoms with Crippen molar-refractivity contribution in [2.75, 3.05) is 18.4 Å². The van der Waals surface area contributed by atoms with E-state index in [2.05, 4.69) is 66.0 Å². The van der Waals surface area contributed by atoms with Crippen LogP contribution in [-0.2, 0) is 0 Å². The molecule has 1 aliphatic rings. The minimum Gasteiger partial charge on any atom is -0.381 e. The smallest absolute Gasteiger partial charge is 0.0402 e. The molecule has 0 spiro atoms. The number of hydrogen-bond acceptors (Lipinski definition) is 2. The molecule has 1 aromatic rings. The fraction of sp³-hybridized carbons (Fsp3) is 0.600. The average Bonchev–Trinajstić information content (AvgIpc) is 2.71. The predicted molar refractivity (Wildman–Crippen MR) is 82.4 cm³/mol. The van der Waals surface area contributed by atoms with Crippen molar-refractivity contribution in [3.05, 3.63) is 27.7 Å². The van der Waals surface area contributed by atoms with Crippen LogP contribution < -0.4 is 5.32 Å². The van der Waals surface area contributed by atoms with Gasteiger partial charge >= 0.3 is 0 Å². The van der Waals surface area contributed by atoms with Crippen LogP contribution >= 0.6 is 15.9 Å². The lowest BCUT2D eigenvalue weighted by atomic mass is 10.1. The number of halogens is 1. The Hall–Kier alpha value is -0.540. The molecule has 0 bridgehead atoms. The zero-order valence-corrected chi connectivity index (χ0v) is 13.3. The molecule has 0 saturated carbocycles. The number of nitrogens with one attached hydrogen (secondary N) is 1. The highest BCUT2D eigenvalue weighted by Crippen LogP contribution is 2.27. The quantitative estimate of drug-likeness (QED) is 0.909. The topological polar surface area (TPSA) is 15.3 Å². The third-order valence-electron chi connectivity index (χ3n) is 3.80. The second-order valence-corrected chi connectivity index (χ2v) is 6.55. The Morgan fingerprint density at radius 1 is 1.28 bits per heavy atom. The van der Waals surface area contributed by atoms with Crippen molar-refractivity contribution in [1.82, 2.24) is 4.90 Å². The minimum atomic E-state index is 0.589. The van der Waals surface area contributed by atoms with Crippen molar-refractivity contribution >= 4 is 21.6 Å². The Bertz CT molecular complexity index is 405. The molecule has 0 aromatic heterocycles. The summed E-state index contributed by atoms with van der Waals surface area (Å²) in [5.74, 6) is 0. The summed E-state index contributed by atoms with van der Waals surface area (Å²) in [4.78, 5) is 2.54. The summed E-state index contributed by atoms with van der Waals surface area (Å²) in [6.07, 6.45) is 1.24. The summed E-state index contributed by atoms with van der Waals surface area (Å²) in [5, 5.41) is 3.73. The van der Waals surface area contributed by atoms with E-state index in [-0.39, 0.29) is 0 Å². The maximum Gasteiger partial charge on any atom is 0.0402 e. The Balaban J connectivity index is 2.07. The number of aryl methyl sites for hydroxylation is 2. The molecule has 0 radical (unpaired) electrons. The van der Waals surface area contributed by atoms with Crippen LogP contribution in [-0.4, -0.2) is 30.1 Å². The Kier molecular flexibility index (Phi) is 4.33. The first-order valence-corrected chi connectivity index (χ1v) is 7.54. The molecule has 1 aliphatic heterocycles. The van der Waals surface area contributed by atoms with Gasteiger partial charge in [0.15, 0.2) is 0 Å². The van der Waals surface area contributed by atoms with Crippen LogP contribution in [0.5, 0.6) is 0 Å². The van der Waals surface area contributed by atoms with Crippen molar-refractivity contribution in [3.8, 4) is 0 Å². The van der Waals surface area contributed by atoms with E-state index in [9.17, 15) is 0 Å². The van der Waals surface area contributed by atoms with Gasteiger partial charge in [-0.2, -0.15) is 0 Å². The van der Waals surface area contributed by atoms with Crippen molar-refractivity contribution in [2.24, 2.45) is 0 Å². The van der Waals surface area contributed by atoms with Crippen molar-refractivity contribution in [1.29, 1.82) is 0 Å². The average molecular weight is 311 g/mol. The van der Waals surface area contributed by atoms with Gasteiger partial charge < -0.3 is 5.32 Å². The first-order valence-electron chi connectivity index (χ1n) is 6.74. The number of hydrogen-bond donors (Lipinski definition) is 1. The molecule has 0 amide bonds. The van der Waals surface area contributed by atoms with E-state index in [1.54, 1.807) is 0 Å². The normalized spacial score (nSPS) is 20.7. The lowest BCUT2D eigenvalue weighted by molar-refractivity contribution is 0.274. The Morgan fingerprint density at radius 3 is 2.39 bits per heavy atom. The molecule has 1 atom stereocenters. The second-order valence-electron chi connectivity index (χ2n) is 5.63. The SMILES string of the molecule is Cc1cc(Br)cc(C)c1NC1CCN(C(C)C)C1. The van der Waals surface area contributed by atoms with Crippen LogP contribution in [0.15, 0.2) is 16.6 Å². The van der Waals surface area contributed by atoms with Gasteiger partial charge in [0.25, 0.3) is 0 Å². The molecule has 1 heterocycles. The van der Waals surface area contributed by atoms with Gasteiger partial charge in [0, 0.05) is 35.3 Å². The van der Waals surface area contributed by atoms with Crippen LogP contribution in [0, 0.1) is 13.8 Å². The zero-order chi connectivity index (χ0) is 13.3. The monoisotopic (exact) mass is 310 g/mol. The van der Waals surface area contributed by atoms with Gasteiger partial charge in [-0.3, -0.25) is 4.90 Å². The highest BCUT2D eigenvalue weighted by atomic mass is 79.9. The molecule has 1 unspecified atom stereocenters. The van der Waals surface area contributed by atoms with E-state index < -0.39 is 0 Å². The summed E-state index contributed by atoms with van der Waals surface area (Å²) in [6.45, 7) is 11.3. The van der Waals surface area contributed by atoms with Crippen molar-refractivity contribution < 1.29 is 0 Å². The second kappa shape index (κ2) is 5.62. The molecule has 1 fully saturated rings. The van der Waals surface area contributed by atoms with Crippen LogP contribution in [0.3, 0.4) is 0 Å². The van der Waals surface area contributed by atoms with E-state index in [1.807, 2.05) is 0 Å². The Morgan fingerprint density at radius 2 is 1.89 bits per heavy atom. The van der Waals surface area contributed by atoms with E-state index in [4.69, 9.17) is 0 Å². The molecule has 3 heteroatoms. The molecular weight excluding hydrogens is 288 g/mol. The number of anilines is 1. The molecule has 2 nitrogen and oxygen atoms in total. The third-order valence-corrected chi connectivity index (χ3v) is 4.25. The maximum absolute atomic E-state index is 3.73. The highest BCUT2D eigenvalue weighted by Gasteiger charge is 2.24. The van der Waals surface area contributed by atoms with Gasteiger partial charge in [0.2, 0.25) is 0 Å². The first-order chi connectivity index (χ1) is 8.47. The fourth-order valence-corrected chi connectivity index (χ4v) is 3.40. The molecule has 0 aliphatic carbocycles. The van der Waals surface area contributed by atoms with Gasteiger partial charge in [-0.25, -0.2) is 0 Å². The van der Waals surface area contributed by atoms with Crippen LogP contribution in [0.2, 0.25) is 0 Å². The summed E-state index contributed by atoms with van der Waals surface area (Å²) < 4.78 is 1.17. The minimum absolute atomic E-state index is 0.589. The summed E-state index contributed by atoms with van der Waals surface area (Å²) in [5.41, 5.74) is 3.96. The first kappa shape index (κ1) is 13.9. The lowest BCUT2D eigenvalue weighted by Gasteiger charge is -2.22. The zero-order valence-electron chi connectivity index (χ0n) is 11.8. The summed E-state index contributed by atoms with van der Waals surface area (Å²) in [7, 11) is 0. The standard InChI is InChI=1S/C15H23BrN2/c1-10(2)18-6-5-14(9-18)17-15-11(3)7-13(16)8-12(15)4/h7-8,10,14,17H,5-6,9H2,1-4H3. The molecule has 18 heavy (non-hydrogen) atoms. The van der Waals surface area contributed by atoms with E-state index in [0.29, 0.717) is 12.1 Å². The van der Waals surface area contributed by atoms with Crippen LogP contribution in [0.1, 0.15) is 31.4 Å². The molecule has 2 rings (SSSR count). The fourth-order valence-electron chi connectivity index (χ4n) is 2.72. The van der Waals surface area contributed by atoms with Crippen LogP contribution in [0.4, 0.5) is 5.69 Å². The Labute approximate surface area is 119 Å². The van der Waals surface area contributed by atoms with Gasteiger partial charge in [-0.1, -0.05) is 15.9 Å². The van der Waals surface area contributed by atoms with Crippen molar-refractivity contribution in [2.45, 2.75) is 46.2 Å². The third kappa shape index (κ3) is 3.07. The van der Waals surface area contributed by atoms with Gasteiger partial charge in [0.1, 0.15) is 0 Å². The molecule has 1 saturated heterocycles.